The van der Waals surface area contributed by atoms with E-state index < -0.39 is 0 Å². The molecular formula is C12H13Cl2N3. The van der Waals surface area contributed by atoms with Gasteiger partial charge >= 0.3 is 0 Å². The highest BCUT2D eigenvalue weighted by molar-refractivity contribution is 6.39. The van der Waals surface area contributed by atoms with Gasteiger partial charge in [0.15, 0.2) is 0 Å². The van der Waals surface area contributed by atoms with Crippen molar-refractivity contribution in [2.24, 2.45) is 0 Å². The average molecular weight is 270 g/mol. The van der Waals surface area contributed by atoms with Crippen molar-refractivity contribution in [2.75, 3.05) is 5.73 Å². The molecule has 1 heterocycles. The molecular weight excluding hydrogens is 257 g/mol. The molecule has 2 aromatic rings. The Hall–Kier alpha value is -1.19. The monoisotopic (exact) mass is 269 g/mol. The molecule has 0 atom stereocenters. The Balaban J connectivity index is 2.69. The Labute approximate surface area is 110 Å². The summed E-state index contributed by atoms with van der Waals surface area (Å²) in [6, 6.07) is 5.36. The number of aryl methyl sites for hydroxylation is 1. The van der Waals surface area contributed by atoms with Gasteiger partial charge in [0.25, 0.3) is 0 Å². The van der Waals surface area contributed by atoms with Crippen LogP contribution in [-0.4, -0.2) is 9.55 Å². The molecule has 2 N–H and O–H groups in total. The average Bonchev–Trinajstić information content (AvgIpc) is 2.54. The number of nitrogens with zero attached hydrogens (tertiary/aromatic N) is 2. The lowest BCUT2D eigenvalue weighted by molar-refractivity contribution is 0.739. The van der Waals surface area contributed by atoms with E-state index in [-0.39, 0.29) is 0 Å². The van der Waals surface area contributed by atoms with Crippen molar-refractivity contribution in [3.8, 4) is 11.3 Å². The maximum absolute atomic E-state index is 6.15. The number of halogens is 2. The largest absolute Gasteiger partial charge is 0.383 e. The molecule has 1 aromatic heterocycles. The lowest BCUT2D eigenvalue weighted by Gasteiger charge is -2.06. The number of benzene rings is 1. The molecule has 5 heteroatoms. The third-order valence-corrected chi connectivity index (χ3v) is 3.34. The number of imidazole rings is 1. The molecule has 0 saturated carbocycles. The fourth-order valence-electron chi connectivity index (χ4n) is 1.89. The highest BCUT2D eigenvalue weighted by Crippen LogP contribution is 2.37. The lowest BCUT2D eigenvalue weighted by atomic mass is 10.1. The van der Waals surface area contributed by atoms with Crippen molar-refractivity contribution in [3.63, 3.8) is 0 Å². The predicted molar refractivity (Wildman–Crippen MR) is 72.5 cm³/mol. The van der Waals surface area contributed by atoms with Gasteiger partial charge < -0.3 is 10.3 Å². The second kappa shape index (κ2) is 4.59. The standard InChI is InChI=1S/C12H13Cl2N3/c1-3-17-7(2)16-11(12(17)15)10-8(13)5-4-6-9(10)14/h4-6H,3,15H2,1-2H3. The van der Waals surface area contributed by atoms with E-state index in [9.17, 15) is 0 Å². The molecule has 3 nitrogen and oxygen atoms in total. The molecule has 17 heavy (non-hydrogen) atoms. The molecule has 0 saturated heterocycles. The smallest absolute Gasteiger partial charge is 0.131 e. The quantitative estimate of drug-likeness (QED) is 0.902. The molecule has 1 aromatic carbocycles. The molecule has 0 unspecified atom stereocenters. The summed E-state index contributed by atoms with van der Waals surface area (Å²) in [5.41, 5.74) is 7.42. The van der Waals surface area contributed by atoms with Gasteiger partial charge in [0.1, 0.15) is 17.3 Å². The van der Waals surface area contributed by atoms with Crippen molar-refractivity contribution in [2.45, 2.75) is 20.4 Å². The number of aromatic nitrogens is 2. The Kier molecular flexibility index (Phi) is 3.31. The van der Waals surface area contributed by atoms with Crippen LogP contribution in [0.15, 0.2) is 18.2 Å². The molecule has 0 radical (unpaired) electrons. The number of hydrogen-bond acceptors (Lipinski definition) is 2. The van der Waals surface area contributed by atoms with Gasteiger partial charge in [-0.05, 0) is 26.0 Å². The number of nitrogens with two attached hydrogens (primary N) is 1. The van der Waals surface area contributed by atoms with E-state index in [2.05, 4.69) is 4.98 Å². The third-order valence-electron chi connectivity index (χ3n) is 2.71. The topological polar surface area (TPSA) is 43.8 Å². The molecule has 0 spiro atoms. The molecule has 0 amide bonds. The van der Waals surface area contributed by atoms with Gasteiger partial charge in [-0.25, -0.2) is 4.98 Å². The van der Waals surface area contributed by atoms with Crippen LogP contribution >= 0.6 is 23.2 Å². The zero-order valence-electron chi connectivity index (χ0n) is 9.67. The summed E-state index contributed by atoms with van der Waals surface area (Å²) in [5, 5.41) is 1.12. The second-order valence-corrected chi connectivity index (χ2v) is 4.55. The van der Waals surface area contributed by atoms with Gasteiger partial charge in [-0.2, -0.15) is 0 Å². The van der Waals surface area contributed by atoms with Crippen LogP contribution in [-0.2, 0) is 6.54 Å². The highest BCUT2D eigenvalue weighted by Gasteiger charge is 2.17. The first-order valence-electron chi connectivity index (χ1n) is 5.33. The van der Waals surface area contributed by atoms with Crippen LogP contribution < -0.4 is 5.73 Å². The highest BCUT2D eigenvalue weighted by atomic mass is 35.5. The van der Waals surface area contributed by atoms with Crippen molar-refractivity contribution in [3.05, 3.63) is 34.1 Å². The minimum atomic E-state index is 0.560. The molecule has 2 rings (SSSR count). The molecule has 0 aliphatic rings. The van der Waals surface area contributed by atoms with E-state index in [1.54, 1.807) is 18.2 Å². The molecule has 0 aliphatic carbocycles. The van der Waals surface area contributed by atoms with E-state index in [0.717, 1.165) is 12.4 Å². The predicted octanol–water partition coefficient (Wildman–Crippen LogP) is 3.77. The van der Waals surface area contributed by atoms with Gasteiger partial charge in [-0.1, -0.05) is 29.3 Å². The summed E-state index contributed by atoms with van der Waals surface area (Å²) < 4.78 is 1.93. The Morgan fingerprint density at radius 1 is 1.29 bits per heavy atom. The van der Waals surface area contributed by atoms with Crippen LogP contribution in [0.4, 0.5) is 5.82 Å². The van der Waals surface area contributed by atoms with Crippen LogP contribution in [0, 0.1) is 6.92 Å². The van der Waals surface area contributed by atoms with Crippen molar-refractivity contribution in [1.29, 1.82) is 0 Å². The first-order chi connectivity index (χ1) is 8.06. The summed E-state index contributed by atoms with van der Waals surface area (Å²) >= 11 is 12.3. The number of rotatable bonds is 2. The third kappa shape index (κ3) is 2.01. The van der Waals surface area contributed by atoms with E-state index >= 15 is 0 Å². The van der Waals surface area contributed by atoms with Crippen LogP contribution in [0.1, 0.15) is 12.7 Å². The number of nitrogen functional groups attached to an aromatic ring is 1. The zero-order valence-corrected chi connectivity index (χ0v) is 11.2. The van der Waals surface area contributed by atoms with E-state index in [1.807, 2.05) is 18.4 Å². The van der Waals surface area contributed by atoms with Gasteiger partial charge in [0.2, 0.25) is 0 Å². The summed E-state index contributed by atoms with van der Waals surface area (Å²) in [6.07, 6.45) is 0. The second-order valence-electron chi connectivity index (χ2n) is 3.73. The Morgan fingerprint density at radius 3 is 2.35 bits per heavy atom. The van der Waals surface area contributed by atoms with Gasteiger partial charge in [-0.15, -0.1) is 0 Å². The fraction of sp³-hybridized carbons (Fsp3) is 0.250. The van der Waals surface area contributed by atoms with Crippen molar-refractivity contribution >= 4 is 29.0 Å². The van der Waals surface area contributed by atoms with Crippen LogP contribution in [0.3, 0.4) is 0 Å². The van der Waals surface area contributed by atoms with Gasteiger partial charge in [-0.3, -0.25) is 0 Å². The van der Waals surface area contributed by atoms with E-state index in [0.29, 0.717) is 27.1 Å². The van der Waals surface area contributed by atoms with E-state index in [1.165, 1.54) is 0 Å². The maximum Gasteiger partial charge on any atom is 0.131 e. The van der Waals surface area contributed by atoms with Crippen LogP contribution in [0.25, 0.3) is 11.3 Å². The molecule has 0 aliphatic heterocycles. The minimum absolute atomic E-state index is 0.560. The Morgan fingerprint density at radius 2 is 1.88 bits per heavy atom. The van der Waals surface area contributed by atoms with Crippen molar-refractivity contribution < 1.29 is 0 Å². The number of hydrogen-bond donors (Lipinski definition) is 1. The maximum atomic E-state index is 6.15. The summed E-state index contributed by atoms with van der Waals surface area (Å²) in [5.74, 6) is 1.45. The summed E-state index contributed by atoms with van der Waals surface area (Å²) in [4.78, 5) is 4.44. The molecule has 0 bridgehead atoms. The van der Waals surface area contributed by atoms with Crippen molar-refractivity contribution in [1.82, 2.24) is 9.55 Å². The molecule has 90 valence electrons. The van der Waals surface area contributed by atoms with Crippen LogP contribution in [0.2, 0.25) is 10.0 Å². The van der Waals surface area contributed by atoms with Crippen LogP contribution in [0.5, 0.6) is 0 Å². The summed E-state index contributed by atoms with van der Waals surface area (Å²) in [7, 11) is 0. The fourth-order valence-corrected chi connectivity index (χ4v) is 2.47. The SMILES string of the molecule is CCn1c(C)nc(-c2c(Cl)cccc2Cl)c1N. The molecule has 0 fully saturated rings. The normalized spacial score (nSPS) is 10.8. The van der Waals surface area contributed by atoms with Gasteiger partial charge in [0.05, 0.1) is 10.0 Å². The first-order valence-corrected chi connectivity index (χ1v) is 6.08. The zero-order chi connectivity index (χ0) is 12.6. The van der Waals surface area contributed by atoms with E-state index in [4.69, 9.17) is 28.9 Å². The summed E-state index contributed by atoms with van der Waals surface area (Å²) in [6.45, 7) is 4.70. The first kappa shape index (κ1) is 12.3. The number of anilines is 1. The lowest BCUT2D eigenvalue weighted by Crippen LogP contribution is -2.02. The minimum Gasteiger partial charge on any atom is -0.383 e. The van der Waals surface area contributed by atoms with Gasteiger partial charge in [0, 0.05) is 12.1 Å². The Bertz CT molecular complexity index is 541.